The molecule has 2 aliphatic rings. The second-order valence-corrected chi connectivity index (χ2v) is 11.5. The van der Waals surface area contributed by atoms with E-state index >= 15 is 0 Å². The summed E-state index contributed by atoms with van der Waals surface area (Å²) in [6, 6.07) is 5.23. The Kier molecular flexibility index (Phi) is 9.82. The van der Waals surface area contributed by atoms with E-state index in [1.54, 1.807) is 0 Å². The zero-order chi connectivity index (χ0) is 30.7. The third kappa shape index (κ3) is 6.72. The number of nitro groups is 1. The van der Waals surface area contributed by atoms with Gasteiger partial charge < -0.3 is 14.4 Å². The van der Waals surface area contributed by atoms with Crippen LogP contribution in [0, 0.1) is 10.1 Å². The summed E-state index contributed by atoms with van der Waals surface area (Å²) in [5, 5.41) is 22.7. The van der Waals surface area contributed by atoms with Crippen molar-refractivity contribution < 1.29 is 42.9 Å². The van der Waals surface area contributed by atoms with E-state index in [1.807, 2.05) is 0 Å². The Balaban J connectivity index is 1.45. The molecule has 0 amide bonds. The Labute approximate surface area is 246 Å². The maximum absolute atomic E-state index is 13.4. The number of anilines is 1. The number of carbonyl (C=O) groups excluding carboxylic acids is 1. The van der Waals surface area contributed by atoms with Crippen molar-refractivity contribution in [2.24, 2.45) is 0 Å². The Morgan fingerprint density at radius 1 is 1.33 bits per heavy atom. The quantitative estimate of drug-likeness (QED) is 0.178. The number of rotatable bonds is 11. The summed E-state index contributed by atoms with van der Waals surface area (Å²) in [6.07, 6.45) is 0.635. The van der Waals surface area contributed by atoms with Gasteiger partial charge in [0.1, 0.15) is 12.3 Å². The van der Waals surface area contributed by atoms with Crippen LogP contribution in [-0.2, 0) is 28.0 Å². The van der Waals surface area contributed by atoms with Gasteiger partial charge in [-0.1, -0.05) is 28.8 Å². The number of aliphatic hydroxyl groups excluding tert-OH is 1. The SMILES string of the molecule is CON(c1ccc([N+](=O)[O-])cc1)C1(C(=O)OP(=O)(O)OC[C@H]2O[C@@H](n3cc(/C=C/Br)c(=O)[nH]c3=O)C[C@@H]2O)CCCC1. The Morgan fingerprint density at radius 3 is 2.60 bits per heavy atom. The first-order valence-corrected chi connectivity index (χ1v) is 15.1. The molecule has 4 atom stereocenters. The van der Waals surface area contributed by atoms with Gasteiger partial charge in [0.25, 0.3) is 11.2 Å². The predicted octanol–water partition coefficient (Wildman–Crippen LogP) is 2.50. The Bertz CT molecular complexity index is 1500. The van der Waals surface area contributed by atoms with Crippen LogP contribution >= 0.6 is 23.8 Å². The van der Waals surface area contributed by atoms with Gasteiger partial charge in [0.2, 0.25) is 0 Å². The fourth-order valence-corrected chi connectivity index (χ4v) is 6.06. The van der Waals surface area contributed by atoms with Gasteiger partial charge in [0.15, 0.2) is 5.54 Å². The van der Waals surface area contributed by atoms with Crippen molar-refractivity contribution in [2.45, 2.75) is 56.1 Å². The molecule has 1 saturated heterocycles. The van der Waals surface area contributed by atoms with Crippen LogP contribution in [-0.4, -0.2) is 61.9 Å². The van der Waals surface area contributed by atoms with Crippen molar-refractivity contribution in [3.8, 4) is 0 Å². The lowest BCUT2D eigenvalue weighted by Gasteiger charge is -2.38. The van der Waals surface area contributed by atoms with Crippen LogP contribution in [0.1, 0.15) is 43.9 Å². The average Bonchev–Trinajstić information content (AvgIpc) is 3.57. The molecule has 1 aromatic heterocycles. The fraction of sp³-hybridized carbons (Fsp3) is 0.458. The number of nitro benzene ring substituents is 1. The minimum atomic E-state index is -5.05. The lowest BCUT2D eigenvalue weighted by Crippen LogP contribution is -2.53. The van der Waals surface area contributed by atoms with Crippen LogP contribution in [0.4, 0.5) is 11.4 Å². The molecule has 1 aromatic carbocycles. The molecule has 0 spiro atoms. The number of aliphatic hydroxyl groups is 1. The van der Waals surface area contributed by atoms with Crippen LogP contribution in [0.5, 0.6) is 0 Å². The van der Waals surface area contributed by atoms with E-state index in [9.17, 15) is 39.1 Å². The van der Waals surface area contributed by atoms with Crippen LogP contribution in [0.25, 0.3) is 6.08 Å². The number of nitrogens with zero attached hydrogens (tertiary/aromatic N) is 3. The van der Waals surface area contributed by atoms with Crippen molar-refractivity contribution in [3.63, 3.8) is 0 Å². The van der Waals surface area contributed by atoms with E-state index in [0.717, 1.165) is 4.57 Å². The largest absolute Gasteiger partial charge is 0.529 e. The van der Waals surface area contributed by atoms with Gasteiger partial charge in [-0.15, -0.1) is 0 Å². The molecule has 1 unspecified atom stereocenters. The molecule has 16 nitrogen and oxygen atoms in total. The number of ether oxygens (including phenoxy) is 1. The number of nitrogens with one attached hydrogen (secondary N) is 1. The number of benzene rings is 1. The van der Waals surface area contributed by atoms with Crippen LogP contribution in [0.2, 0.25) is 0 Å². The highest BCUT2D eigenvalue weighted by Crippen LogP contribution is 2.49. The van der Waals surface area contributed by atoms with Crippen molar-refractivity contribution in [1.29, 1.82) is 0 Å². The number of halogens is 1. The first-order chi connectivity index (χ1) is 19.9. The first kappa shape index (κ1) is 31.7. The molecule has 3 N–H and O–H groups in total. The Hall–Kier alpha value is -3.18. The van der Waals surface area contributed by atoms with Gasteiger partial charge in [-0.05, 0) is 36.0 Å². The average molecular weight is 675 g/mol. The fourth-order valence-electron chi connectivity index (χ4n) is 5.01. The minimum Gasteiger partial charge on any atom is -0.390 e. The number of hydroxylamine groups is 1. The summed E-state index contributed by atoms with van der Waals surface area (Å²) in [7, 11) is -3.77. The molecule has 228 valence electrons. The topological polar surface area (TPSA) is 213 Å². The molecule has 1 aliphatic carbocycles. The molecule has 18 heteroatoms. The van der Waals surface area contributed by atoms with Crippen molar-refractivity contribution >= 4 is 47.2 Å². The molecule has 1 aliphatic heterocycles. The van der Waals surface area contributed by atoms with Gasteiger partial charge >= 0.3 is 19.5 Å². The van der Waals surface area contributed by atoms with Gasteiger partial charge in [0, 0.05) is 24.8 Å². The number of hydrogen-bond donors (Lipinski definition) is 3. The minimum absolute atomic E-state index is 0.103. The van der Waals surface area contributed by atoms with Crippen LogP contribution < -0.4 is 16.3 Å². The van der Waals surface area contributed by atoms with E-state index in [4.69, 9.17) is 18.6 Å². The normalized spacial score (nSPS) is 23.1. The van der Waals surface area contributed by atoms with Gasteiger partial charge in [-0.2, -0.15) is 0 Å². The maximum Gasteiger partial charge on any atom is 0.529 e. The molecule has 1 saturated carbocycles. The summed E-state index contributed by atoms with van der Waals surface area (Å²) in [5.41, 5.74) is -2.69. The second-order valence-electron chi connectivity index (χ2n) is 9.61. The number of aromatic amines is 1. The highest BCUT2D eigenvalue weighted by atomic mass is 79.9. The monoisotopic (exact) mass is 674 g/mol. The molecule has 0 radical (unpaired) electrons. The summed E-state index contributed by atoms with van der Waals surface area (Å²) in [4.78, 5) is 67.5. The van der Waals surface area contributed by atoms with E-state index in [0.29, 0.717) is 12.8 Å². The maximum atomic E-state index is 13.4. The van der Waals surface area contributed by atoms with Gasteiger partial charge in [-0.3, -0.25) is 38.7 Å². The summed E-state index contributed by atoms with van der Waals surface area (Å²) in [6.45, 7) is -0.672. The highest BCUT2D eigenvalue weighted by Gasteiger charge is 2.51. The molecular weight excluding hydrogens is 647 g/mol. The molecule has 0 bridgehead atoms. The number of non-ortho nitro benzene ring substituents is 1. The molecular formula is C24H28BrN4O12P. The molecule has 2 heterocycles. The lowest BCUT2D eigenvalue weighted by atomic mass is 9.96. The van der Waals surface area contributed by atoms with E-state index < -0.39 is 60.5 Å². The van der Waals surface area contributed by atoms with Crippen LogP contribution in [0.3, 0.4) is 0 Å². The van der Waals surface area contributed by atoms with Crippen molar-refractivity contribution in [3.05, 3.63) is 72.0 Å². The number of hydrogen-bond acceptors (Lipinski definition) is 12. The van der Waals surface area contributed by atoms with E-state index in [2.05, 4.69) is 20.9 Å². The number of H-pyrrole nitrogens is 1. The number of phosphoric acid groups is 1. The van der Waals surface area contributed by atoms with Gasteiger partial charge in [0.05, 0.1) is 36.0 Å². The smallest absolute Gasteiger partial charge is 0.390 e. The lowest BCUT2D eigenvalue weighted by molar-refractivity contribution is -0.384. The van der Waals surface area contributed by atoms with E-state index in [-0.39, 0.29) is 36.2 Å². The molecule has 2 aromatic rings. The summed E-state index contributed by atoms with van der Waals surface area (Å²) >= 11 is 3.05. The molecule has 42 heavy (non-hydrogen) atoms. The van der Waals surface area contributed by atoms with E-state index in [1.165, 1.54) is 53.7 Å². The summed E-state index contributed by atoms with van der Waals surface area (Å²) < 4.78 is 29.5. The Morgan fingerprint density at radius 2 is 2.00 bits per heavy atom. The zero-order valence-electron chi connectivity index (χ0n) is 22.2. The number of phosphoric ester groups is 1. The van der Waals surface area contributed by atoms with Crippen LogP contribution in [0.15, 0.2) is 45.0 Å². The highest BCUT2D eigenvalue weighted by molar-refractivity contribution is 9.11. The second kappa shape index (κ2) is 13.0. The standard InChI is InChI=1S/C24H28BrN4O12P/c1-38-28(16-4-6-17(7-5-16)29(34)35)24(9-2-3-10-24)22(32)41-42(36,37)39-14-19-18(30)12-20(40-19)27-13-15(8-11-25)21(31)26-23(27)33/h4-8,11,13,18-20,30H,2-3,9-10,12,14H2,1H3,(H,36,37)(H,26,31,33)/b11-8+/t18-,19+,20+/m0/s1. The third-order valence-corrected chi connectivity index (χ3v) is 8.17. The van der Waals surface area contributed by atoms with Gasteiger partial charge in [-0.25, -0.2) is 19.2 Å². The number of aromatic nitrogens is 2. The number of carbonyl (C=O) groups is 1. The zero-order valence-corrected chi connectivity index (χ0v) is 24.6. The van der Waals surface area contributed by atoms with Crippen molar-refractivity contribution in [1.82, 2.24) is 9.55 Å². The third-order valence-electron chi connectivity index (χ3n) is 7.03. The predicted molar refractivity (Wildman–Crippen MR) is 149 cm³/mol. The van der Waals surface area contributed by atoms with Crippen molar-refractivity contribution in [2.75, 3.05) is 18.8 Å². The first-order valence-electron chi connectivity index (χ1n) is 12.7. The summed E-state index contributed by atoms with van der Waals surface area (Å²) in [5.74, 6) is -1.11. The molecule has 4 rings (SSSR count). The molecule has 2 fully saturated rings.